The average Bonchev–Trinajstić information content (AvgIpc) is 3.30. The molecule has 46 heavy (non-hydrogen) atoms. The summed E-state index contributed by atoms with van der Waals surface area (Å²) in [6.07, 6.45) is 1.77. The molecule has 240 valence electrons. The van der Waals surface area contributed by atoms with Crippen LogP contribution in [0.15, 0.2) is 75.7 Å². The molecule has 8 nitrogen and oxygen atoms in total. The molecule has 0 radical (unpaired) electrons. The maximum absolute atomic E-state index is 14.1. The lowest BCUT2D eigenvalue weighted by Gasteiger charge is -2.25. The topological polar surface area (TPSA) is 88.4 Å². The van der Waals surface area contributed by atoms with Gasteiger partial charge >= 0.3 is 5.97 Å². The lowest BCUT2D eigenvalue weighted by atomic mass is 9.95. The first-order chi connectivity index (χ1) is 22.0. The van der Waals surface area contributed by atoms with Crippen molar-refractivity contribution in [2.75, 3.05) is 13.7 Å². The molecule has 0 aliphatic carbocycles. The zero-order valence-corrected chi connectivity index (χ0v) is 31.6. The number of halogens is 3. The van der Waals surface area contributed by atoms with Crippen LogP contribution < -0.4 is 29.1 Å². The predicted molar refractivity (Wildman–Crippen MR) is 197 cm³/mol. The van der Waals surface area contributed by atoms with E-state index in [2.05, 4.69) is 50.2 Å². The van der Waals surface area contributed by atoms with Crippen LogP contribution in [0, 0.1) is 7.14 Å². The largest absolute Gasteiger partial charge is 0.493 e. The number of aromatic nitrogens is 1. The summed E-state index contributed by atoms with van der Waals surface area (Å²) in [5.41, 5.74) is 2.91. The van der Waals surface area contributed by atoms with Gasteiger partial charge in [-0.05, 0) is 120 Å². The normalized spacial score (nSPS) is 14.6. The van der Waals surface area contributed by atoms with E-state index < -0.39 is 12.0 Å². The Hall–Kier alpha value is -2.88. The first-order valence-corrected chi connectivity index (χ1v) is 17.8. The third-order valence-electron chi connectivity index (χ3n) is 7.03. The monoisotopic (exact) mass is 884 g/mol. The fourth-order valence-corrected chi connectivity index (χ4v) is 8.39. The van der Waals surface area contributed by atoms with E-state index in [9.17, 15) is 9.59 Å². The van der Waals surface area contributed by atoms with Crippen molar-refractivity contribution in [3.05, 3.63) is 114 Å². The average molecular weight is 885 g/mol. The third-order valence-corrected chi connectivity index (χ3v) is 9.99. The minimum absolute atomic E-state index is 0.0660. The van der Waals surface area contributed by atoms with Gasteiger partial charge in [0.1, 0.15) is 12.4 Å². The molecule has 1 aliphatic heterocycles. The van der Waals surface area contributed by atoms with E-state index in [1.807, 2.05) is 62.4 Å². The Balaban J connectivity index is 1.58. The molecule has 0 saturated heterocycles. The summed E-state index contributed by atoms with van der Waals surface area (Å²) in [4.78, 5) is 32.6. The van der Waals surface area contributed by atoms with Crippen LogP contribution in [-0.2, 0) is 16.1 Å². The van der Waals surface area contributed by atoms with Crippen molar-refractivity contribution in [3.8, 4) is 17.2 Å². The quantitative estimate of drug-likeness (QED) is 0.126. The number of rotatable bonds is 10. The number of hydrogen-bond acceptors (Lipinski definition) is 8. The summed E-state index contributed by atoms with van der Waals surface area (Å²) in [5.74, 6) is 1.27. The third kappa shape index (κ3) is 7.32. The molecule has 5 rings (SSSR count). The van der Waals surface area contributed by atoms with Crippen LogP contribution in [0.4, 0.5) is 0 Å². The first kappa shape index (κ1) is 34.5. The maximum atomic E-state index is 14.1. The maximum Gasteiger partial charge on any atom is 0.338 e. The number of ether oxygens (including phenoxy) is 4. The van der Waals surface area contributed by atoms with Crippen molar-refractivity contribution in [1.29, 1.82) is 0 Å². The molecule has 3 aromatic carbocycles. The van der Waals surface area contributed by atoms with Crippen LogP contribution in [0.3, 0.4) is 0 Å². The zero-order chi connectivity index (χ0) is 33.1. The van der Waals surface area contributed by atoms with E-state index in [1.165, 1.54) is 11.3 Å². The summed E-state index contributed by atoms with van der Waals surface area (Å²) in [6.45, 7) is 7.89. The minimum Gasteiger partial charge on any atom is -0.493 e. The summed E-state index contributed by atoms with van der Waals surface area (Å²) in [5, 5.41) is 0.650. The van der Waals surface area contributed by atoms with Gasteiger partial charge in [-0.25, -0.2) is 9.79 Å². The van der Waals surface area contributed by atoms with Gasteiger partial charge in [-0.15, -0.1) is 0 Å². The SMILES string of the molecule is CCOC(=O)C1=C(C)N=c2s/c(=C\c3cc(I)c(OCc4ccccc4Cl)c(I)c3)c(=O)n2[C@@H]1c1ccc(OC(C)C)c(OC)c1. The molecular formula is C34H31ClI2N2O6S. The van der Waals surface area contributed by atoms with Crippen LogP contribution in [0.1, 0.15) is 50.4 Å². The number of hydrogen-bond donors (Lipinski definition) is 0. The molecule has 0 N–H and O–H groups in total. The highest BCUT2D eigenvalue weighted by Crippen LogP contribution is 2.37. The zero-order valence-electron chi connectivity index (χ0n) is 25.7. The number of thiazole rings is 1. The molecule has 4 aromatic rings. The van der Waals surface area contributed by atoms with Gasteiger partial charge in [0, 0.05) is 10.6 Å². The number of benzene rings is 3. The molecule has 1 aromatic heterocycles. The van der Waals surface area contributed by atoms with Crippen molar-refractivity contribution in [2.45, 2.75) is 46.4 Å². The van der Waals surface area contributed by atoms with Crippen molar-refractivity contribution in [2.24, 2.45) is 4.99 Å². The van der Waals surface area contributed by atoms with Crippen molar-refractivity contribution in [3.63, 3.8) is 0 Å². The molecule has 2 heterocycles. The molecule has 0 unspecified atom stereocenters. The fraction of sp³-hybridized carbons (Fsp3) is 0.265. The highest BCUT2D eigenvalue weighted by Gasteiger charge is 2.34. The smallest absolute Gasteiger partial charge is 0.338 e. The Labute approximate surface area is 303 Å². The van der Waals surface area contributed by atoms with Crippen LogP contribution in [-0.4, -0.2) is 30.4 Å². The van der Waals surface area contributed by atoms with E-state index in [0.717, 1.165) is 24.0 Å². The van der Waals surface area contributed by atoms with Gasteiger partial charge in [0.15, 0.2) is 16.3 Å². The molecule has 1 aliphatic rings. The standard InChI is InChI=1S/C34H31ClI2N2O6S/c1-6-43-33(41)29-19(4)38-34-39(30(29)21-11-12-26(45-18(2)3)27(16-21)42-5)32(40)28(46-34)15-20-13-24(36)31(25(37)14-20)44-17-22-9-7-8-10-23(22)35/h7-16,18,30H,6,17H2,1-5H3/b28-15-/t30-/m1/s1. The number of allylic oxidation sites excluding steroid dienone is 1. The summed E-state index contributed by atoms with van der Waals surface area (Å²) in [6, 6.07) is 16.2. The molecule has 0 saturated carbocycles. The lowest BCUT2D eigenvalue weighted by Crippen LogP contribution is -2.40. The molecule has 0 spiro atoms. The van der Waals surface area contributed by atoms with Crippen LogP contribution in [0.2, 0.25) is 5.02 Å². The minimum atomic E-state index is -0.777. The second-order valence-corrected chi connectivity index (χ2v) is 14.3. The van der Waals surface area contributed by atoms with Gasteiger partial charge in [-0.1, -0.05) is 47.2 Å². The van der Waals surface area contributed by atoms with Crippen molar-refractivity contribution < 1.29 is 23.7 Å². The molecule has 0 bridgehead atoms. The summed E-state index contributed by atoms with van der Waals surface area (Å²) >= 11 is 12.1. The highest BCUT2D eigenvalue weighted by molar-refractivity contribution is 14.1. The van der Waals surface area contributed by atoms with Gasteiger partial charge in [0.05, 0.1) is 48.8 Å². The molecule has 1 atom stereocenters. The number of carbonyl (C=O) groups is 1. The highest BCUT2D eigenvalue weighted by atomic mass is 127. The number of esters is 1. The number of fused-ring (bicyclic) bond motifs is 1. The van der Waals surface area contributed by atoms with Gasteiger partial charge in [0.25, 0.3) is 5.56 Å². The Kier molecular flexibility index (Phi) is 11.2. The Bertz CT molecular complexity index is 2000. The van der Waals surface area contributed by atoms with E-state index in [0.29, 0.717) is 49.3 Å². The van der Waals surface area contributed by atoms with Crippen LogP contribution in [0.5, 0.6) is 17.2 Å². The lowest BCUT2D eigenvalue weighted by molar-refractivity contribution is -0.139. The summed E-state index contributed by atoms with van der Waals surface area (Å²) < 4.78 is 27.0. The molecule has 0 fully saturated rings. The Morgan fingerprint density at radius 2 is 1.83 bits per heavy atom. The van der Waals surface area contributed by atoms with Gasteiger partial charge < -0.3 is 18.9 Å². The first-order valence-electron chi connectivity index (χ1n) is 14.4. The Morgan fingerprint density at radius 1 is 1.11 bits per heavy atom. The van der Waals surface area contributed by atoms with Crippen LogP contribution >= 0.6 is 68.1 Å². The second-order valence-electron chi connectivity index (χ2n) is 10.6. The Morgan fingerprint density at radius 3 is 2.48 bits per heavy atom. The molecular weight excluding hydrogens is 854 g/mol. The van der Waals surface area contributed by atoms with Gasteiger partial charge in [-0.3, -0.25) is 9.36 Å². The molecule has 0 amide bonds. The van der Waals surface area contributed by atoms with E-state index in [-0.39, 0.29) is 18.3 Å². The van der Waals surface area contributed by atoms with E-state index >= 15 is 0 Å². The van der Waals surface area contributed by atoms with Crippen molar-refractivity contribution in [1.82, 2.24) is 4.57 Å². The van der Waals surface area contributed by atoms with Gasteiger partial charge in [-0.2, -0.15) is 0 Å². The van der Waals surface area contributed by atoms with E-state index in [4.69, 9.17) is 30.5 Å². The second kappa shape index (κ2) is 14.9. The van der Waals surface area contributed by atoms with Gasteiger partial charge in [0.2, 0.25) is 0 Å². The summed E-state index contributed by atoms with van der Waals surface area (Å²) in [7, 11) is 1.56. The number of carbonyl (C=O) groups excluding carboxylic acids is 1. The number of methoxy groups -OCH3 is 1. The van der Waals surface area contributed by atoms with E-state index in [1.54, 1.807) is 37.7 Å². The van der Waals surface area contributed by atoms with Crippen LogP contribution in [0.25, 0.3) is 6.08 Å². The predicted octanol–water partition coefficient (Wildman–Crippen LogP) is 7.04. The molecule has 12 heteroatoms. The van der Waals surface area contributed by atoms with Crippen molar-refractivity contribution >= 4 is 80.2 Å². The fourth-order valence-electron chi connectivity index (χ4n) is 5.03. The number of nitrogens with zero attached hydrogens (tertiary/aromatic N) is 2.